The molecule has 1 aromatic carbocycles. The summed E-state index contributed by atoms with van der Waals surface area (Å²) in [6.07, 6.45) is 1.82. The number of ether oxygens (including phenoxy) is 2. The second kappa shape index (κ2) is 12.3. The first-order valence-electron chi connectivity index (χ1n) is 13.7. The van der Waals surface area contributed by atoms with E-state index in [1.165, 1.54) is 19.1 Å². The van der Waals surface area contributed by atoms with Crippen molar-refractivity contribution >= 4 is 29.3 Å². The second-order valence-electron chi connectivity index (χ2n) is 11.9. The third kappa shape index (κ3) is 6.57. The number of aliphatic hydroxyl groups is 3. The van der Waals surface area contributed by atoms with Gasteiger partial charge >= 0.3 is 6.09 Å². The molecule has 1 aliphatic carbocycles. The first-order chi connectivity index (χ1) is 19.0. The van der Waals surface area contributed by atoms with Crippen molar-refractivity contribution in [2.24, 2.45) is 17.3 Å². The van der Waals surface area contributed by atoms with E-state index in [0.717, 1.165) is 11.1 Å². The summed E-state index contributed by atoms with van der Waals surface area (Å²) < 4.78 is 11.0. The Balaban J connectivity index is 2.11. The molecule has 1 aromatic rings. The molecule has 0 saturated heterocycles. The van der Waals surface area contributed by atoms with Crippen LogP contribution in [0.15, 0.2) is 35.9 Å². The minimum atomic E-state index is -2.01. The summed E-state index contributed by atoms with van der Waals surface area (Å²) >= 11 is 6.59. The van der Waals surface area contributed by atoms with Crippen LogP contribution in [0, 0.1) is 17.3 Å². The van der Waals surface area contributed by atoms with E-state index in [9.17, 15) is 30.0 Å². The molecule has 41 heavy (non-hydrogen) atoms. The number of allylic oxidation sites excluding steroid dienone is 3. The molecular weight excluding hydrogens is 552 g/mol. The fourth-order valence-corrected chi connectivity index (χ4v) is 6.41. The van der Waals surface area contributed by atoms with Crippen LogP contribution in [-0.2, 0) is 16.0 Å². The Morgan fingerprint density at radius 2 is 1.88 bits per heavy atom. The number of halogens is 1. The van der Waals surface area contributed by atoms with Crippen LogP contribution in [0.25, 0.3) is 0 Å². The number of fused-ring (bicyclic) bond motifs is 3. The first kappa shape index (κ1) is 32.9. The molecule has 11 heteroatoms. The number of nitrogens with one attached hydrogen (secondary N) is 1. The lowest BCUT2D eigenvalue weighted by molar-refractivity contribution is -0.122. The molecule has 228 valence electrons. The van der Waals surface area contributed by atoms with Gasteiger partial charge in [-0.1, -0.05) is 56.2 Å². The van der Waals surface area contributed by atoms with E-state index in [1.807, 2.05) is 13.0 Å². The number of rotatable bonds is 3. The van der Waals surface area contributed by atoms with Gasteiger partial charge in [0.05, 0.1) is 30.9 Å². The van der Waals surface area contributed by atoms with Crippen molar-refractivity contribution in [3.05, 3.63) is 46.5 Å². The maximum absolute atomic E-state index is 13.4. The zero-order valence-corrected chi connectivity index (χ0v) is 25.5. The molecule has 2 bridgehead atoms. The average Bonchev–Trinajstić information content (AvgIpc) is 3.48. The standard InChI is InChI=1S/C30H43ClN2O8/c1-17-9-8-10-24(41-7)30(39,32-27(36)37)15-18(2)19(3)29(38)16-28(29,4)23(34)14-25(35)33(5)21-12-20(11-17)13-22(40-6)26(21)31/h8-10,12-13,18-19,23-24,32,34,38-39H,11,14-16H2,1-7H3,(H,36,37)/b10-8+,17-9+/t18-,19+,23-,24+,28-,29+,30-/m0/s1. The van der Waals surface area contributed by atoms with Gasteiger partial charge in [-0.25, -0.2) is 4.79 Å². The van der Waals surface area contributed by atoms with Gasteiger partial charge in [-0.3, -0.25) is 10.1 Å². The number of carbonyl (C=O) groups excluding carboxylic acids is 1. The number of hydrogen-bond donors (Lipinski definition) is 5. The molecule has 2 aliphatic rings. The number of methoxy groups -OCH3 is 2. The first-order valence-corrected chi connectivity index (χ1v) is 14.0. The zero-order valence-electron chi connectivity index (χ0n) is 24.8. The van der Waals surface area contributed by atoms with Crippen LogP contribution in [0.2, 0.25) is 5.02 Å². The van der Waals surface area contributed by atoms with Gasteiger partial charge in [0.25, 0.3) is 0 Å². The van der Waals surface area contributed by atoms with Crippen molar-refractivity contribution in [1.29, 1.82) is 0 Å². The largest absolute Gasteiger partial charge is 0.495 e. The molecule has 1 aliphatic heterocycles. The Labute approximate surface area is 246 Å². The molecule has 0 radical (unpaired) electrons. The number of aliphatic hydroxyl groups excluding tert-OH is 1. The van der Waals surface area contributed by atoms with Gasteiger partial charge in [0.1, 0.15) is 16.9 Å². The number of carboxylic acid groups (broad SMARTS) is 1. The molecule has 0 spiro atoms. The van der Waals surface area contributed by atoms with Crippen LogP contribution in [0.3, 0.4) is 0 Å². The number of carbonyl (C=O) groups is 2. The van der Waals surface area contributed by atoms with Crippen molar-refractivity contribution in [2.75, 3.05) is 26.2 Å². The molecule has 7 atom stereocenters. The van der Waals surface area contributed by atoms with Crippen molar-refractivity contribution < 1.29 is 39.5 Å². The Hall–Kier alpha value is -2.63. The van der Waals surface area contributed by atoms with Gasteiger partial charge in [0.15, 0.2) is 5.72 Å². The maximum atomic E-state index is 13.4. The SMILES string of the molecule is COc1cc2cc(c1Cl)N(C)C(=O)C[C@H](O)[C@]1(C)C[C@@]1(O)[C@H](C)[C@@H](C)C[C@@](O)(NC(=O)O)[C@H](OC)/C=C/C=C(\C)C2. The highest BCUT2D eigenvalue weighted by Crippen LogP contribution is 2.64. The molecule has 3 rings (SSSR count). The molecule has 0 unspecified atom stereocenters. The molecule has 1 saturated carbocycles. The Kier molecular flexibility index (Phi) is 9.87. The summed E-state index contributed by atoms with van der Waals surface area (Å²) in [5.41, 5.74) is -2.19. The molecule has 0 aromatic heterocycles. The van der Waals surface area contributed by atoms with Crippen molar-refractivity contribution in [2.45, 2.75) is 76.9 Å². The minimum absolute atomic E-state index is 0.0771. The van der Waals surface area contributed by atoms with E-state index in [-0.39, 0.29) is 30.2 Å². The summed E-state index contributed by atoms with van der Waals surface area (Å²) in [7, 11) is 4.45. The highest BCUT2D eigenvalue weighted by Gasteiger charge is 2.70. The Bertz CT molecular complexity index is 1220. The highest BCUT2D eigenvalue weighted by molar-refractivity contribution is 6.35. The highest BCUT2D eigenvalue weighted by atomic mass is 35.5. The van der Waals surface area contributed by atoms with Gasteiger partial charge in [0.2, 0.25) is 5.91 Å². The minimum Gasteiger partial charge on any atom is -0.495 e. The summed E-state index contributed by atoms with van der Waals surface area (Å²) in [6, 6.07) is 3.57. The van der Waals surface area contributed by atoms with Crippen LogP contribution in [0.1, 0.15) is 52.5 Å². The van der Waals surface area contributed by atoms with E-state index in [0.29, 0.717) is 17.9 Å². The van der Waals surface area contributed by atoms with Crippen molar-refractivity contribution in [1.82, 2.24) is 5.32 Å². The van der Waals surface area contributed by atoms with E-state index in [4.69, 9.17) is 21.1 Å². The number of amides is 2. The van der Waals surface area contributed by atoms with E-state index in [1.54, 1.807) is 52.1 Å². The summed E-state index contributed by atoms with van der Waals surface area (Å²) in [6.45, 7) is 7.22. The third-order valence-electron chi connectivity index (χ3n) is 9.08. The topological polar surface area (TPSA) is 149 Å². The molecular formula is C30H43ClN2O8. The smallest absolute Gasteiger partial charge is 0.406 e. The van der Waals surface area contributed by atoms with Crippen LogP contribution < -0.4 is 15.0 Å². The van der Waals surface area contributed by atoms with Crippen LogP contribution in [0.5, 0.6) is 5.75 Å². The summed E-state index contributed by atoms with van der Waals surface area (Å²) in [5.74, 6) is -0.879. The Morgan fingerprint density at radius 3 is 2.46 bits per heavy atom. The van der Waals surface area contributed by atoms with E-state index in [2.05, 4.69) is 5.32 Å². The molecule has 2 amide bonds. The fraction of sp³-hybridized carbons (Fsp3) is 0.600. The quantitative estimate of drug-likeness (QED) is 0.331. The van der Waals surface area contributed by atoms with Crippen LogP contribution >= 0.6 is 11.6 Å². The lowest BCUT2D eigenvalue weighted by atomic mass is 9.77. The molecule has 1 fully saturated rings. The number of hydrogen-bond acceptors (Lipinski definition) is 7. The van der Waals surface area contributed by atoms with Gasteiger partial charge < -0.3 is 34.8 Å². The van der Waals surface area contributed by atoms with E-state index < -0.39 is 46.9 Å². The molecule has 10 nitrogen and oxygen atoms in total. The fourth-order valence-electron chi connectivity index (χ4n) is 6.09. The Morgan fingerprint density at radius 1 is 1.22 bits per heavy atom. The number of nitrogens with zero attached hydrogens (tertiary/aromatic N) is 1. The van der Waals surface area contributed by atoms with Crippen LogP contribution in [-0.4, -0.2) is 77.2 Å². The van der Waals surface area contributed by atoms with Gasteiger partial charge in [-0.2, -0.15) is 0 Å². The van der Waals surface area contributed by atoms with Crippen molar-refractivity contribution in [3.8, 4) is 5.75 Å². The van der Waals surface area contributed by atoms with Crippen LogP contribution in [0.4, 0.5) is 10.5 Å². The average molecular weight is 595 g/mol. The van der Waals surface area contributed by atoms with Gasteiger partial charge in [-0.15, -0.1) is 0 Å². The monoisotopic (exact) mass is 594 g/mol. The third-order valence-corrected chi connectivity index (χ3v) is 9.46. The number of benzene rings is 1. The maximum Gasteiger partial charge on any atom is 0.406 e. The van der Waals surface area contributed by atoms with Crippen molar-refractivity contribution in [3.63, 3.8) is 0 Å². The summed E-state index contributed by atoms with van der Waals surface area (Å²) in [5, 5.41) is 46.4. The number of anilines is 1. The van der Waals surface area contributed by atoms with Gasteiger partial charge in [-0.05, 0) is 49.3 Å². The van der Waals surface area contributed by atoms with Gasteiger partial charge in [0, 0.05) is 26.0 Å². The molecule has 1 heterocycles. The lowest BCUT2D eigenvalue weighted by Gasteiger charge is -2.39. The predicted molar refractivity (Wildman–Crippen MR) is 156 cm³/mol. The summed E-state index contributed by atoms with van der Waals surface area (Å²) in [4.78, 5) is 26.4. The lowest BCUT2D eigenvalue weighted by Crippen LogP contribution is -2.58. The van der Waals surface area contributed by atoms with E-state index >= 15 is 0 Å². The normalized spacial score (nSPS) is 37.0. The molecule has 5 N–H and O–H groups in total. The second-order valence-corrected chi connectivity index (χ2v) is 12.3. The zero-order chi connectivity index (χ0) is 30.9. The predicted octanol–water partition coefficient (Wildman–Crippen LogP) is 3.90.